The monoisotopic (exact) mass is 391 g/mol. The fraction of sp³-hybridized carbons (Fsp3) is 0.304. The second-order valence-corrected chi connectivity index (χ2v) is 7.92. The van der Waals surface area contributed by atoms with Crippen molar-refractivity contribution in [3.05, 3.63) is 77.5 Å². The fourth-order valence-electron chi connectivity index (χ4n) is 4.36. The van der Waals surface area contributed by atoms with Crippen molar-refractivity contribution in [2.24, 2.45) is 0 Å². The SMILES string of the molecule is Cc1ccccc1C(=O)N1CC[C@@]2(C1)Cn1c(-c3ccc(F)cc3)cnc1CO2. The van der Waals surface area contributed by atoms with Crippen molar-refractivity contribution >= 4 is 5.91 Å². The van der Waals surface area contributed by atoms with Gasteiger partial charge in [0, 0.05) is 12.1 Å². The lowest BCUT2D eigenvalue weighted by Gasteiger charge is -2.35. The molecule has 1 fully saturated rings. The summed E-state index contributed by atoms with van der Waals surface area (Å²) < 4.78 is 21.7. The third-order valence-electron chi connectivity index (χ3n) is 6.01. The Hall–Kier alpha value is -2.99. The van der Waals surface area contributed by atoms with Crippen LogP contribution in [0.15, 0.2) is 54.7 Å². The molecule has 0 radical (unpaired) electrons. The van der Waals surface area contributed by atoms with Gasteiger partial charge in [0.05, 0.1) is 25.0 Å². The first kappa shape index (κ1) is 18.1. The highest BCUT2D eigenvalue weighted by Gasteiger charge is 2.44. The number of amides is 1. The van der Waals surface area contributed by atoms with Gasteiger partial charge in [0.1, 0.15) is 23.8 Å². The van der Waals surface area contributed by atoms with Crippen LogP contribution in [0.3, 0.4) is 0 Å². The summed E-state index contributed by atoms with van der Waals surface area (Å²) in [5.41, 5.74) is 3.19. The van der Waals surface area contributed by atoms with Crippen LogP contribution in [0.2, 0.25) is 0 Å². The molecular weight excluding hydrogens is 369 g/mol. The maximum absolute atomic E-state index is 13.3. The number of benzene rings is 2. The minimum absolute atomic E-state index is 0.0544. The summed E-state index contributed by atoms with van der Waals surface area (Å²) in [6.45, 7) is 4.23. The minimum Gasteiger partial charge on any atom is -0.363 e. The molecule has 2 aromatic carbocycles. The standard InChI is InChI=1S/C23H22FN3O2/c1-16-4-2-3-5-19(16)22(28)26-11-10-23(14-26)15-27-20(12-25-21(27)13-29-23)17-6-8-18(24)9-7-17/h2-9,12H,10-11,13-15H2,1H3/t23-/m1/s1. The van der Waals surface area contributed by atoms with Crippen LogP contribution in [0.25, 0.3) is 11.3 Å². The van der Waals surface area contributed by atoms with Crippen LogP contribution in [0, 0.1) is 12.7 Å². The van der Waals surface area contributed by atoms with Gasteiger partial charge in [-0.05, 0) is 54.8 Å². The third-order valence-corrected chi connectivity index (χ3v) is 6.01. The Balaban J connectivity index is 1.40. The van der Waals surface area contributed by atoms with Crippen LogP contribution >= 0.6 is 0 Å². The summed E-state index contributed by atoms with van der Waals surface area (Å²) in [5.74, 6) is 0.658. The average molecular weight is 391 g/mol. The lowest BCUT2D eigenvalue weighted by atomic mass is 10.0. The van der Waals surface area contributed by atoms with Gasteiger partial charge in [-0.2, -0.15) is 0 Å². The molecule has 29 heavy (non-hydrogen) atoms. The molecule has 3 heterocycles. The molecule has 6 heteroatoms. The predicted octanol–water partition coefficient (Wildman–Crippen LogP) is 3.81. The predicted molar refractivity (Wildman–Crippen MR) is 107 cm³/mol. The van der Waals surface area contributed by atoms with Gasteiger partial charge in [-0.3, -0.25) is 4.79 Å². The first-order chi connectivity index (χ1) is 14.0. The van der Waals surface area contributed by atoms with Crippen molar-refractivity contribution in [1.29, 1.82) is 0 Å². The Labute approximate surface area is 168 Å². The van der Waals surface area contributed by atoms with E-state index in [2.05, 4.69) is 9.55 Å². The third kappa shape index (κ3) is 3.13. The Morgan fingerprint density at radius 2 is 1.93 bits per heavy atom. The smallest absolute Gasteiger partial charge is 0.254 e. The maximum Gasteiger partial charge on any atom is 0.254 e. The zero-order chi connectivity index (χ0) is 20.0. The van der Waals surface area contributed by atoms with E-state index in [1.54, 1.807) is 12.1 Å². The van der Waals surface area contributed by atoms with Crippen molar-refractivity contribution in [2.45, 2.75) is 32.1 Å². The lowest BCUT2D eigenvalue weighted by molar-refractivity contribution is -0.0804. The number of ether oxygens (including phenoxy) is 1. The second-order valence-electron chi connectivity index (χ2n) is 7.92. The first-order valence-corrected chi connectivity index (χ1v) is 9.84. The van der Waals surface area contributed by atoms with Gasteiger partial charge >= 0.3 is 0 Å². The molecule has 5 rings (SSSR count). The normalized spacial score (nSPS) is 20.8. The quantitative estimate of drug-likeness (QED) is 0.667. The number of hydrogen-bond donors (Lipinski definition) is 0. The van der Waals surface area contributed by atoms with Gasteiger partial charge < -0.3 is 14.2 Å². The zero-order valence-electron chi connectivity index (χ0n) is 16.3. The van der Waals surface area contributed by atoms with Crippen LogP contribution in [0.5, 0.6) is 0 Å². The van der Waals surface area contributed by atoms with E-state index in [0.29, 0.717) is 26.2 Å². The minimum atomic E-state index is -0.416. The van der Waals surface area contributed by atoms with Crippen LogP contribution in [-0.2, 0) is 17.9 Å². The van der Waals surface area contributed by atoms with Gasteiger partial charge in [0.15, 0.2) is 0 Å². The molecule has 1 saturated heterocycles. The number of nitrogens with zero attached hydrogens (tertiary/aromatic N) is 3. The maximum atomic E-state index is 13.3. The van der Waals surface area contributed by atoms with Gasteiger partial charge in [0.25, 0.3) is 5.91 Å². The topological polar surface area (TPSA) is 47.4 Å². The largest absolute Gasteiger partial charge is 0.363 e. The summed E-state index contributed by atoms with van der Waals surface area (Å²) in [6.07, 6.45) is 2.60. The highest BCUT2D eigenvalue weighted by Crippen LogP contribution is 2.35. The summed E-state index contributed by atoms with van der Waals surface area (Å²) in [6, 6.07) is 14.1. The molecule has 2 aliphatic rings. The van der Waals surface area contributed by atoms with E-state index in [1.807, 2.05) is 42.3 Å². The van der Waals surface area contributed by atoms with Gasteiger partial charge in [0.2, 0.25) is 0 Å². The number of halogens is 1. The summed E-state index contributed by atoms with van der Waals surface area (Å²) in [4.78, 5) is 19.4. The highest BCUT2D eigenvalue weighted by atomic mass is 19.1. The van der Waals surface area contributed by atoms with Gasteiger partial charge in [-0.25, -0.2) is 9.37 Å². The Bertz CT molecular complexity index is 1080. The molecule has 5 nitrogen and oxygen atoms in total. The zero-order valence-corrected chi connectivity index (χ0v) is 16.3. The van der Waals surface area contributed by atoms with Crippen LogP contribution in [0.1, 0.15) is 28.2 Å². The first-order valence-electron chi connectivity index (χ1n) is 9.84. The van der Waals surface area contributed by atoms with Gasteiger partial charge in [-0.15, -0.1) is 0 Å². The Morgan fingerprint density at radius 3 is 2.72 bits per heavy atom. The van der Waals surface area contributed by atoms with Crippen LogP contribution in [0.4, 0.5) is 4.39 Å². The molecule has 1 atom stereocenters. The molecule has 148 valence electrons. The fourth-order valence-corrected chi connectivity index (χ4v) is 4.36. The number of carbonyl (C=O) groups excluding carboxylic acids is 1. The Kier molecular flexibility index (Phi) is 4.24. The van der Waals surface area contributed by atoms with E-state index >= 15 is 0 Å². The number of fused-ring (bicyclic) bond motifs is 1. The van der Waals surface area contributed by atoms with E-state index in [4.69, 9.17) is 4.74 Å². The van der Waals surface area contributed by atoms with E-state index in [0.717, 1.165) is 34.6 Å². The molecular formula is C23H22FN3O2. The molecule has 1 amide bonds. The molecule has 1 aromatic heterocycles. The Morgan fingerprint density at radius 1 is 1.14 bits per heavy atom. The van der Waals surface area contributed by atoms with Crippen molar-refractivity contribution in [2.75, 3.05) is 13.1 Å². The second kappa shape index (κ2) is 6.81. The number of likely N-dealkylation sites (tertiary alicyclic amines) is 1. The van der Waals surface area contributed by atoms with Crippen molar-refractivity contribution < 1.29 is 13.9 Å². The molecule has 0 unspecified atom stereocenters. The summed E-state index contributed by atoms with van der Waals surface area (Å²) in [7, 11) is 0. The number of hydrogen-bond acceptors (Lipinski definition) is 3. The summed E-state index contributed by atoms with van der Waals surface area (Å²) in [5, 5.41) is 0. The van der Waals surface area contributed by atoms with Gasteiger partial charge in [-0.1, -0.05) is 18.2 Å². The van der Waals surface area contributed by atoms with Crippen LogP contribution < -0.4 is 0 Å². The highest BCUT2D eigenvalue weighted by molar-refractivity contribution is 5.95. The summed E-state index contributed by atoms with van der Waals surface area (Å²) >= 11 is 0. The van der Waals surface area contributed by atoms with E-state index < -0.39 is 5.60 Å². The van der Waals surface area contributed by atoms with E-state index in [1.165, 1.54) is 12.1 Å². The number of rotatable bonds is 2. The van der Waals surface area contributed by atoms with Crippen LogP contribution in [-0.4, -0.2) is 39.0 Å². The van der Waals surface area contributed by atoms with Crippen molar-refractivity contribution in [3.8, 4) is 11.3 Å². The number of carbonyl (C=O) groups is 1. The van der Waals surface area contributed by atoms with E-state index in [9.17, 15) is 9.18 Å². The van der Waals surface area contributed by atoms with Crippen molar-refractivity contribution in [1.82, 2.24) is 14.5 Å². The lowest BCUT2D eigenvalue weighted by Crippen LogP contribution is -2.45. The number of imidazole rings is 1. The van der Waals surface area contributed by atoms with Crippen molar-refractivity contribution in [3.63, 3.8) is 0 Å². The molecule has 0 N–H and O–H groups in total. The molecule has 2 aliphatic heterocycles. The number of aromatic nitrogens is 2. The molecule has 3 aromatic rings. The molecule has 1 spiro atoms. The number of aryl methyl sites for hydroxylation is 1. The molecule has 0 bridgehead atoms. The molecule has 0 aliphatic carbocycles. The average Bonchev–Trinajstić information content (AvgIpc) is 3.33. The van der Waals surface area contributed by atoms with E-state index in [-0.39, 0.29) is 11.7 Å². The molecule has 0 saturated carbocycles.